The van der Waals surface area contributed by atoms with Crippen LogP contribution in [0.5, 0.6) is 0 Å². The zero-order valence-electron chi connectivity index (χ0n) is 14.4. The molecule has 0 atom stereocenters. The van der Waals surface area contributed by atoms with Crippen LogP contribution in [-0.4, -0.2) is 22.5 Å². The third-order valence-corrected chi connectivity index (χ3v) is 6.21. The molecule has 2 N–H and O–H groups in total. The fraction of sp³-hybridized carbons (Fsp3) is 0.524. The first-order chi connectivity index (χ1) is 12.0. The molecule has 4 aliphatic carbocycles. The summed E-state index contributed by atoms with van der Waals surface area (Å²) < 4.78 is 0. The summed E-state index contributed by atoms with van der Waals surface area (Å²) in [7, 11) is 0. The van der Waals surface area contributed by atoms with Crippen molar-refractivity contribution >= 4 is 18.0 Å². The number of carboxylic acid groups (broad SMARTS) is 1. The van der Waals surface area contributed by atoms with Crippen molar-refractivity contribution in [2.24, 2.45) is 17.8 Å². The van der Waals surface area contributed by atoms with Gasteiger partial charge < -0.3 is 10.4 Å². The Morgan fingerprint density at radius 3 is 2.12 bits per heavy atom. The van der Waals surface area contributed by atoms with Crippen LogP contribution in [0.1, 0.15) is 50.5 Å². The smallest absolute Gasteiger partial charge is 0.332 e. The summed E-state index contributed by atoms with van der Waals surface area (Å²) in [6, 6.07) is 9.30. The molecule has 132 valence electrons. The minimum atomic E-state index is -1.02. The number of aliphatic carboxylic acids is 1. The number of rotatable bonds is 5. The average molecular weight is 339 g/mol. The number of carboxylic acids is 1. The van der Waals surface area contributed by atoms with Crippen molar-refractivity contribution in [2.75, 3.05) is 0 Å². The van der Waals surface area contributed by atoms with Crippen LogP contribution in [0.2, 0.25) is 0 Å². The van der Waals surface area contributed by atoms with Crippen LogP contribution in [0, 0.1) is 17.8 Å². The highest BCUT2D eigenvalue weighted by Crippen LogP contribution is 2.55. The predicted octanol–water partition coefficient (Wildman–Crippen LogP) is 3.63. The zero-order chi connectivity index (χ0) is 17.4. The van der Waals surface area contributed by atoms with E-state index in [2.05, 4.69) is 5.32 Å². The molecule has 0 heterocycles. The molecule has 4 heteroatoms. The van der Waals surface area contributed by atoms with Gasteiger partial charge in [-0.2, -0.15) is 0 Å². The first-order valence-corrected chi connectivity index (χ1v) is 9.31. The Hall–Kier alpha value is -2.10. The summed E-state index contributed by atoms with van der Waals surface area (Å²) in [6.45, 7) is 0. The van der Waals surface area contributed by atoms with Crippen molar-refractivity contribution in [1.29, 1.82) is 0 Å². The lowest BCUT2D eigenvalue weighted by molar-refractivity contribution is -0.135. The van der Waals surface area contributed by atoms with Gasteiger partial charge in [0.15, 0.2) is 0 Å². The molecule has 1 amide bonds. The summed E-state index contributed by atoms with van der Waals surface area (Å²) >= 11 is 0. The first-order valence-electron chi connectivity index (χ1n) is 9.31. The highest BCUT2D eigenvalue weighted by molar-refractivity contribution is 5.98. The van der Waals surface area contributed by atoms with E-state index in [0.717, 1.165) is 42.6 Å². The van der Waals surface area contributed by atoms with Gasteiger partial charge in [0.25, 0.3) is 0 Å². The van der Waals surface area contributed by atoms with E-state index in [0.29, 0.717) is 0 Å². The first kappa shape index (κ1) is 16.4. The van der Waals surface area contributed by atoms with Crippen LogP contribution in [0.25, 0.3) is 6.08 Å². The fourth-order valence-corrected chi connectivity index (χ4v) is 5.72. The largest absolute Gasteiger partial charge is 0.478 e. The topological polar surface area (TPSA) is 66.4 Å². The van der Waals surface area contributed by atoms with Crippen LogP contribution in [0.3, 0.4) is 0 Å². The van der Waals surface area contributed by atoms with Gasteiger partial charge in [-0.3, -0.25) is 4.79 Å². The van der Waals surface area contributed by atoms with Crippen molar-refractivity contribution in [1.82, 2.24) is 5.32 Å². The normalized spacial score (nSPS) is 33.3. The molecule has 1 aromatic carbocycles. The summed E-state index contributed by atoms with van der Waals surface area (Å²) in [5.41, 5.74) is 0.887. The van der Waals surface area contributed by atoms with Gasteiger partial charge in [0, 0.05) is 11.1 Å². The maximum atomic E-state index is 12.6. The maximum absolute atomic E-state index is 12.6. The summed E-state index contributed by atoms with van der Waals surface area (Å²) in [4.78, 5) is 24.2. The number of hydrogen-bond donors (Lipinski definition) is 2. The Kier molecular flexibility index (Phi) is 4.14. The molecule has 4 aliphatic rings. The van der Waals surface area contributed by atoms with Crippen molar-refractivity contribution in [3.8, 4) is 0 Å². The lowest BCUT2D eigenvalue weighted by Crippen LogP contribution is -2.59. The number of benzene rings is 1. The van der Waals surface area contributed by atoms with Crippen LogP contribution >= 0.6 is 0 Å². The minimum Gasteiger partial charge on any atom is -0.478 e. The molecule has 4 saturated carbocycles. The Labute approximate surface area is 148 Å². The molecule has 25 heavy (non-hydrogen) atoms. The van der Waals surface area contributed by atoms with Gasteiger partial charge >= 0.3 is 5.97 Å². The van der Waals surface area contributed by atoms with E-state index in [1.165, 1.54) is 19.3 Å². The zero-order valence-corrected chi connectivity index (χ0v) is 14.4. The average Bonchev–Trinajstić information content (AvgIpc) is 2.53. The molecule has 4 fully saturated rings. The Bertz CT molecular complexity index is 672. The minimum absolute atomic E-state index is 0.0635. The van der Waals surface area contributed by atoms with Gasteiger partial charge in [-0.25, -0.2) is 4.79 Å². The molecule has 5 rings (SSSR count). The molecule has 0 saturated heterocycles. The van der Waals surface area contributed by atoms with E-state index in [4.69, 9.17) is 0 Å². The molecule has 4 nitrogen and oxygen atoms in total. The third-order valence-electron chi connectivity index (χ3n) is 6.21. The fourth-order valence-electron chi connectivity index (χ4n) is 5.72. The molecule has 4 bridgehead atoms. The summed E-state index contributed by atoms with van der Waals surface area (Å²) in [6.07, 6.45) is 8.74. The van der Waals surface area contributed by atoms with Crippen LogP contribution < -0.4 is 5.32 Å². The molecular weight excluding hydrogens is 314 g/mol. The quantitative estimate of drug-likeness (QED) is 0.805. The molecular formula is C21H25NO3. The monoisotopic (exact) mass is 339 g/mol. The standard InChI is InChI=1S/C21H25NO3/c23-19(10-18(20(24)25)9-14-4-2-1-3-5-14)22-21-11-15-6-16(12-21)8-17(7-15)13-21/h1-5,9,15-17H,6-8,10-13H2,(H,22,23)(H,24,25)/b18-9+. The van der Waals surface area contributed by atoms with Crippen molar-refractivity contribution in [3.05, 3.63) is 41.5 Å². The molecule has 0 aromatic heterocycles. The Balaban J connectivity index is 1.46. The van der Waals surface area contributed by atoms with E-state index in [1.54, 1.807) is 6.08 Å². The van der Waals surface area contributed by atoms with Crippen molar-refractivity contribution in [2.45, 2.75) is 50.5 Å². The van der Waals surface area contributed by atoms with Crippen molar-refractivity contribution in [3.63, 3.8) is 0 Å². The Morgan fingerprint density at radius 1 is 1.04 bits per heavy atom. The lowest BCUT2D eigenvalue weighted by atomic mass is 9.53. The maximum Gasteiger partial charge on any atom is 0.332 e. The van der Waals surface area contributed by atoms with Gasteiger partial charge in [0.2, 0.25) is 5.91 Å². The summed E-state index contributed by atoms with van der Waals surface area (Å²) in [5.74, 6) is 1.09. The Morgan fingerprint density at radius 2 is 1.60 bits per heavy atom. The molecule has 0 radical (unpaired) electrons. The van der Waals surface area contributed by atoms with Crippen LogP contribution in [0.4, 0.5) is 0 Å². The van der Waals surface area contributed by atoms with E-state index >= 15 is 0 Å². The van der Waals surface area contributed by atoms with Gasteiger partial charge in [-0.15, -0.1) is 0 Å². The molecule has 0 spiro atoms. The van der Waals surface area contributed by atoms with Crippen LogP contribution in [0.15, 0.2) is 35.9 Å². The second-order valence-corrected chi connectivity index (χ2v) is 8.31. The van der Waals surface area contributed by atoms with E-state index in [1.807, 2.05) is 30.3 Å². The SMILES string of the molecule is O=C(C/C(=C\c1ccccc1)C(=O)O)NC12CC3CC(CC(C3)C1)C2. The molecule has 0 unspecified atom stereocenters. The second-order valence-electron chi connectivity index (χ2n) is 8.31. The number of nitrogens with one attached hydrogen (secondary N) is 1. The van der Waals surface area contributed by atoms with Gasteiger partial charge in [0.1, 0.15) is 0 Å². The van der Waals surface area contributed by atoms with Gasteiger partial charge in [-0.1, -0.05) is 30.3 Å². The highest BCUT2D eigenvalue weighted by atomic mass is 16.4. The third kappa shape index (κ3) is 3.48. The number of carbonyl (C=O) groups is 2. The molecule has 0 aliphatic heterocycles. The number of amides is 1. The van der Waals surface area contributed by atoms with Crippen LogP contribution in [-0.2, 0) is 9.59 Å². The second kappa shape index (κ2) is 6.32. The van der Waals surface area contributed by atoms with E-state index in [-0.39, 0.29) is 23.4 Å². The predicted molar refractivity (Wildman–Crippen MR) is 95.7 cm³/mol. The highest BCUT2D eigenvalue weighted by Gasteiger charge is 2.51. The van der Waals surface area contributed by atoms with Gasteiger partial charge in [0.05, 0.1) is 6.42 Å². The lowest BCUT2D eigenvalue weighted by Gasteiger charge is -2.56. The number of hydrogen-bond acceptors (Lipinski definition) is 2. The summed E-state index contributed by atoms with van der Waals surface area (Å²) in [5, 5.41) is 12.7. The number of carbonyl (C=O) groups excluding carboxylic acids is 1. The van der Waals surface area contributed by atoms with E-state index in [9.17, 15) is 14.7 Å². The van der Waals surface area contributed by atoms with Crippen molar-refractivity contribution < 1.29 is 14.7 Å². The van der Waals surface area contributed by atoms with Gasteiger partial charge in [-0.05, 0) is 67.9 Å². The molecule has 1 aromatic rings. The van der Waals surface area contributed by atoms with E-state index < -0.39 is 5.97 Å².